The Morgan fingerprint density at radius 1 is 1.44 bits per heavy atom. The molecule has 1 aromatic rings. The first-order valence-corrected chi connectivity index (χ1v) is 6.21. The van der Waals surface area contributed by atoms with Crippen molar-refractivity contribution in [3.05, 3.63) is 16.0 Å². The lowest BCUT2D eigenvalue weighted by Gasteiger charge is -2.24. The highest BCUT2D eigenvalue weighted by Crippen LogP contribution is 2.22. The second kappa shape index (κ2) is 5.80. The number of halogens is 2. The molecule has 1 rings (SSSR count). The van der Waals surface area contributed by atoms with Crippen LogP contribution in [0.2, 0.25) is 5.28 Å². The zero-order valence-electron chi connectivity index (χ0n) is 9.41. The maximum atomic E-state index is 9.86. The van der Waals surface area contributed by atoms with Crippen molar-refractivity contribution in [3.8, 4) is 0 Å². The summed E-state index contributed by atoms with van der Waals surface area (Å²) in [4.78, 5) is 7.87. The van der Waals surface area contributed by atoms with Crippen LogP contribution in [0.4, 0.5) is 5.82 Å². The van der Waals surface area contributed by atoms with Gasteiger partial charge in [0.15, 0.2) is 0 Å². The van der Waals surface area contributed by atoms with Crippen molar-refractivity contribution in [1.82, 2.24) is 9.97 Å². The Bertz CT molecular complexity index is 362. The van der Waals surface area contributed by atoms with Crippen LogP contribution in [0.3, 0.4) is 0 Å². The molecule has 0 saturated carbocycles. The lowest BCUT2D eigenvalue weighted by Crippen LogP contribution is -2.35. The van der Waals surface area contributed by atoms with Gasteiger partial charge in [0.05, 0.1) is 16.6 Å². The Balaban J connectivity index is 2.76. The van der Waals surface area contributed by atoms with Gasteiger partial charge in [-0.1, -0.05) is 13.8 Å². The number of hydrogen-bond donors (Lipinski definition) is 2. The smallest absolute Gasteiger partial charge is 0.224 e. The molecule has 6 heteroatoms. The van der Waals surface area contributed by atoms with Gasteiger partial charge in [0.2, 0.25) is 5.28 Å². The first-order chi connectivity index (χ1) is 7.41. The van der Waals surface area contributed by atoms with Crippen molar-refractivity contribution in [2.24, 2.45) is 5.92 Å². The molecule has 16 heavy (non-hydrogen) atoms. The summed E-state index contributed by atoms with van der Waals surface area (Å²) >= 11 is 9.01. The van der Waals surface area contributed by atoms with E-state index < -0.39 is 6.10 Å². The van der Waals surface area contributed by atoms with Crippen LogP contribution < -0.4 is 5.32 Å². The van der Waals surface area contributed by atoms with Crippen LogP contribution in [0.25, 0.3) is 0 Å². The zero-order chi connectivity index (χ0) is 12.3. The van der Waals surface area contributed by atoms with Crippen molar-refractivity contribution in [1.29, 1.82) is 0 Å². The van der Waals surface area contributed by atoms with Gasteiger partial charge in [-0.2, -0.15) is 4.98 Å². The van der Waals surface area contributed by atoms with Crippen molar-refractivity contribution in [2.45, 2.75) is 32.9 Å². The molecule has 0 saturated heterocycles. The van der Waals surface area contributed by atoms with E-state index in [0.29, 0.717) is 5.82 Å². The fourth-order valence-corrected chi connectivity index (χ4v) is 1.76. The molecule has 1 heterocycles. The van der Waals surface area contributed by atoms with Crippen LogP contribution in [0.1, 0.15) is 20.8 Å². The summed E-state index contributed by atoms with van der Waals surface area (Å²) in [6.07, 6.45) is 1.13. The summed E-state index contributed by atoms with van der Waals surface area (Å²) in [5.74, 6) is 0.769. The maximum Gasteiger partial charge on any atom is 0.224 e. The predicted octanol–water partition coefficient (Wildman–Crippen LogP) is 2.71. The van der Waals surface area contributed by atoms with Crippen molar-refractivity contribution < 1.29 is 5.11 Å². The lowest BCUT2D eigenvalue weighted by molar-refractivity contribution is 0.110. The van der Waals surface area contributed by atoms with Crippen LogP contribution in [-0.4, -0.2) is 27.2 Å². The maximum absolute atomic E-state index is 9.86. The summed E-state index contributed by atoms with van der Waals surface area (Å²) < 4.78 is 0.722. The molecular weight excluding hydrogens is 293 g/mol. The Kier molecular flexibility index (Phi) is 4.95. The molecule has 2 N–H and O–H groups in total. The third-order valence-electron chi connectivity index (χ3n) is 2.27. The van der Waals surface area contributed by atoms with Gasteiger partial charge in [0.25, 0.3) is 0 Å². The van der Waals surface area contributed by atoms with Gasteiger partial charge in [-0.3, -0.25) is 0 Å². The second-order valence-electron chi connectivity index (χ2n) is 4.00. The Labute approximate surface area is 109 Å². The fraction of sp³-hybridized carbons (Fsp3) is 0.600. The highest BCUT2D eigenvalue weighted by molar-refractivity contribution is 9.10. The highest BCUT2D eigenvalue weighted by atomic mass is 79.9. The van der Waals surface area contributed by atoms with Gasteiger partial charge in [0.1, 0.15) is 5.82 Å². The number of rotatable bonds is 4. The molecule has 2 atom stereocenters. The van der Waals surface area contributed by atoms with Crippen LogP contribution in [0.5, 0.6) is 0 Å². The van der Waals surface area contributed by atoms with Gasteiger partial charge in [-0.15, -0.1) is 0 Å². The molecule has 0 bridgehead atoms. The molecule has 2 unspecified atom stereocenters. The van der Waals surface area contributed by atoms with E-state index >= 15 is 0 Å². The third kappa shape index (κ3) is 3.57. The van der Waals surface area contributed by atoms with Crippen molar-refractivity contribution in [3.63, 3.8) is 0 Å². The number of aliphatic hydroxyl groups excluding tert-OH is 1. The summed E-state index contributed by atoms with van der Waals surface area (Å²) in [7, 11) is 0. The van der Waals surface area contributed by atoms with Crippen LogP contribution in [0.15, 0.2) is 10.7 Å². The van der Waals surface area contributed by atoms with Crippen molar-refractivity contribution >= 4 is 33.3 Å². The molecule has 0 radical (unpaired) electrons. The molecule has 1 aromatic heterocycles. The number of nitrogens with zero attached hydrogens (tertiary/aromatic N) is 2. The van der Waals surface area contributed by atoms with Gasteiger partial charge in [0, 0.05) is 6.20 Å². The minimum absolute atomic E-state index is 0.109. The van der Waals surface area contributed by atoms with Gasteiger partial charge >= 0.3 is 0 Å². The standard InChI is InChI=1S/C10H15BrClN3O/c1-5(2)8(16)6(3)14-9-7(11)4-13-10(12)15-9/h4-6,8,16H,1-3H3,(H,13,14,15). The van der Waals surface area contributed by atoms with Gasteiger partial charge in [-0.05, 0) is 40.4 Å². The summed E-state index contributed by atoms with van der Waals surface area (Å²) in [5, 5.41) is 13.1. The van der Waals surface area contributed by atoms with Crippen LogP contribution in [0, 0.1) is 5.92 Å². The Morgan fingerprint density at radius 2 is 2.06 bits per heavy atom. The highest BCUT2D eigenvalue weighted by Gasteiger charge is 2.19. The Morgan fingerprint density at radius 3 is 2.62 bits per heavy atom. The first kappa shape index (κ1) is 13.7. The van der Waals surface area contributed by atoms with E-state index in [1.54, 1.807) is 6.20 Å². The fourth-order valence-electron chi connectivity index (χ4n) is 1.33. The minimum atomic E-state index is -0.444. The quantitative estimate of drug-likeness (QED) is 0.840. The van der Waals surface area contributed by atoms with E-state index in [0.717, 1.165) is 4.47 Å². The first-order valence-electron chi connectivity index (χ1n) is 5.04. The molecular formula is C10H15BrClN3O. The number of aliphatic hydroxyl groups is 1. The van der Waals surface area contributed by atoms with Crippen molar-refractivity contribution in [2.75, 3.05) is 5.32 Å². The van der Waals surface area contributed by atoms with Crippen LogP contribution in [-0.2, 0) is 0 Å². The van der Waals surface area contributed by atoms with E-state index in [2.05, 4.69) is 31.2 Å². The number of hydrogen-bond acceptors (Lipinski definition) is 4. The van der Waals surface area contributed by atoms with Gasteiger partial charge in [-0.25, -0.2) is 4.98 Å². The lowest BCUT2D eigenvalue weighted by atomic mass is 10.0. The molecule has 0 aliphatic rings. The second-order valence-corrected chi connectivity index (χ2v) is 5.20. The monoisotopic (exact) mass is 307 g/mol. The molecule has 0 amide bonds. The van der Waals surface area contributed by atoms with E-state index in [4.69, 9.17) is 11.6 Å². The molecule has 0 spiro atoms. The number of aromatic nitrogens is 2. The molecule has 0 fully saturated rings. The normalized spacial score (nSPS) is 14.9. The van der Waals surface area contributed by atoms with Gasteiger partial charge < -0.3 is 10.4 Å². The zero-order valence-corrected chi connectivity index (χ0v) is 11.7. The predicted molar refractivity (Wildman–Crippen MR) is 68.7 cm³/mol. The van der Waals surface area contributed by atoms with E-state index in [-0.39, 0.29) is 17.2 Å². The van der Waals surface area contributed by atoms with Crippen LogP contribution >= 0.6 is 27.5 Å². The summed E-state index contributed by atoms with van der Waals surface area (Å²) in [5.41, 5.74) is 0. The number of anilines is 1. The molecule has 0 aliphatic carbocycles. The molecule has 0 aliphatic heterocycles. The number of nitrogens with one attached hydrogen (secondary N) is 1. The topological polar surface area (TPSA) is 58.0 Å². The Hall–Kier alpha value is -0.390. The summed E-state index contributed by atoms with van der Waals surface area (Å²) in [6, 6.07) is -0.109. The van der Waals surface area contributed by atoms with E-state index in [1.807, 2.05) is 20.8 Å². The summed E-state index contributed by atoms with van der Waals surface area (Å²) in [6.45, 7) is 5.82. The molecule has 90 valence electrons. The SMILES string of the molecule is CC(C)C(O)C(C)Nc1nc(Cl)ncc1Br. The van der Waals surface area contributed by atoms with E-state index in [1.165, 1.54) is 0 Å². The third-order valence-corrected chi connectivity index (χ3v) is 3.04. The largest absolute Gasteiger partial charge is 0.391 e. The average Bonchev–Trinajstić information content (AvgIpc) is 2.22. The molecule has 4 nitrogen and oxygen atoms in total. The molecule has 0 aromatic carbocycles. The average molecular weight is 309 g/mol. The minimum Gasteiger partial charge on any atom is -0.391 e. The van der Waals surface area contributed by atoms with E-state index in [9.17, 15) is 5.11 Å².